The molecule has 0 bridgehead atoms. The number of carbonyl (C=O) groups excluding carboxylic acids is 3. The number of amides is 3. The van der Waals surface area contributed by atoms with Crippen molar-refractivity contribution in [3.05, 3.63) is 78.2 Å². The summed E-state index contributed by atoms with van der Waals surface area (Å²) in [4.78, 5) is 50.2. The van der Waals surface area contributed by atoms with Gasteiger partial charge in [-0.05, 0) is 52.5 Å². The summed E-state index contributed by atoms with van der Waals surface area (Å²) in [5, 5.41) is 12.2. The predicted molar refractivity (Wildman–Crippen MR) is 181 cm³/mol. The lowest BCUT2D eigenvalue weighted by molar-refractivity contribution is -0.135. The van der Waals surface area contributed by atoms with Crippen molar-refractivity contribution >= 4 is 17.9 Å². The number of likely N-dealkylation sites (N-methyl/N-ethyl adjacent to an activating group) is 1. The molecule has 1 saturated carbocycles. The lowest BCUT2D eigenvalue weighted by Gasteiger charge is -2.44. The molecule has 1 aliphatic heterocycles. The molecule has 47 heavy (non-hydrogen) atoms. The lowest BCUT2D eigenvalue weighted by Crippen LogP contribution is -2.58. The van der Waals surface area contributed by atoms with Gasteiger partial charge in [0.15, 0.2) is 5.69 Å². The third-order valence-electron chi connectivity index (χ3n) is 9.34. The van der Waals surface area contributed by atoms with Gasteiger partial charge in [-0.25, -0.2) is 9.78 Å². The Balaban J connectivity index is 1.52. The molecule has 2 aliphatic rings. The number of hydrogen-bond donors (Lipinski definition) is 1. The molecule has 2 aromatic carbocycles. The molecule has 0 spiro atoms. The fraction of sp³-hybridized carbons (Fsp3) is 0.514. The van der Waals surface area contributed by atoms with Crippen LogP contribution in [0.5, 0.6) is 0 Å². The molecule has 1 aromatic heterocycles. The summed E-state index contributed by atoms with van der Waals surface area (Å²) >= 11 is 0. The molecule has 1 aliphatic carbocycles. The number of aliphatic hydroxyl groups is 1. The van der Waals surface area contributed by atoms with Gasteiger partial charge in [0, 0.05) is 38.7 Å². The number of imidazole rings is 1. The van der Waals surface area contributed by atoms with Gasteiger partial charge in [0.25, 0.3) is 5.91 Å². The number of carbonyl (C=O) groups is 3. The van der Waals surface area contributed by atoms with Crippen molar-refractivity contribution in [3.63, 3.8) is 0 Å². The zero-order valence-corrected chi connectivity index (χ0v) is 28.4. The zero-order chi connectivity index (χ0) is 33.8. The summed E-state index contributed by atoms with van der Waals surface area (Å²) in [6.45, 7) is 10.7. The third-order valence-corrected chi connectivity index (χ3v) is 9.34. The predicted octanol–water partition coefficient (Wildman–Crippen LogP) is 5.57. The van der Waals surface area contributed by atoms with Gasteiger partial charge in [-0.1, -0.05) is 73.5 Å². The number of piperazine rings is 1. The number of benzene rings is 2. The van der Waals surface area contributed by atoms with Gasteiger partial charge >= 0.3 is 6.09 Å². The molecule has 3 aromatic rings. The number of nitrogens with zero attached hydrogens (tertiary/aromatic N) is 5. The number of ether oxygens (including phenoxy) is 1. The van der Waals surface area contributed by atoms with E-state index in [4.69, 9.17) is 9.72 Å². The van der Waals surface area contributed by atoms with Crippen molar-refractivity contribution in [1.29, 1.82) is 0 Å². The average molecular weight is 644 g/mol. The quantitative estimate of drug-likeness (QED) is 0.344. The second-order valence-electron chi connectivity index (χ2n) is 13.9. The monoisotopic (exact) mass is 643 g/mol. The summed E-state index contributed by atoms with van der Waals surface area (Å²) in [5.74, 6) is -0.296. The fourth-order valence-corrected chi connectivity index (χ4v) is 7.01. The largest absolute Gasteiger partial charge is 0.444 e. The maximum Gasteiger partial charge on any atom is 0.410 e. The van der Waals surface area contributed by atoms with Crippen LogP contribution >= 0.6 is 0 Å². The highest BCUT2D eigenvalue weighted by Crippen LogP contribution is 2.41. The first-order chi connectivity index (χ1) is 22.4. The minimum atomic E-state index is -1.18. The van der Waals surface area contributed by atoms with E-state index in [1.165, 1.54) is 6.92 Å². The first-order valence-corrected chi connectivity index (χ1v) is 16.8. The van der Waals surface area contributed by atoms with Gasteiger partial charge in [-0.15, -0.1) is 0 Å². The Morgan fingerprint density at radius 3 is 2.34 bits per heavy atom. The maximum atomic E-state index is 14.7. The number of rotatable bonds is 8. The molecule has 0 radical (unpaired) electrons. The molecular formula is C37H49N5O5. The molecule has 3 amide bonds. The topological polar surface area (TPSA) is 108 Å². The van der Waals surface area contributed by atoms with Gasteiger partial charge < -0.3 is 29.1 Å². The molecule has 10 nitrogen and oxygen atoms in total. The van der Waals surface area contributed by atoms with Crippen molar-refractivity contribution in [2.24, 2.45) is 0 Å². The van der Waals surface area contributed by atoms with E-state index in [0.717, 1.165) is 24.0 Å². The molecule has 10 heteroatoms. The van der Waals surface area contributed by atoms with E-state index in [9.17, 15) is 19.5 Å². The molecule has 2 fully saturated rings. The van der Waals surface area contributed by atoms with Crippen LogP contribution < -0.4 is 0 Å². The van der Waals surface area contributed by atoms with Crippen molar-refractivity contribution < 1.29 is 24.2 Å². The van der Waals surface area contributed by atoms with Crippen molar-refractivity contribution in [1.82, 2.24) is 24.3 Å². The van der Waals surface area contributed by atoms with E-state index in [2.05, 4.69) is 0 Å². The van der Waals surface area contributed by atoms with Crippen LogP contribution in [0.15, 0.2) is 67.0 Å². The van der Waals surface area contributed by atoms with Crippen LogP contribution in [0.1, 0.15) is 82.4 Å². The molecule has 2 unspecified atom stereocenters. The molecule has 1 N–H and O–H groups in total. The van der Waals surface area contributed by atoms with E-state index in [-0.39, 0.29) is 36.5 Å². The SMILES string of the molecule is CCN(CC1(O)CCCCC1n1cnc(C(=O)N2CCN(C(=O)OC(C)(C)C)C[C@H]2Cc2ccccc2)c1-c1ccccc1)C(C)=O. The van der Waals surface area contributed by atoms with Crippen LogP contribution in [0.3, 0.4) is 0 Å². The van der Waals surface area contributed by atoms with Gasteiger partial charge in [0.05, 0.1) is 30.6 Å². The Kier molecular flexibility index (Phi) is 10.4. The average Bonchev–Trinajstić information content (AvgIpc) is 3.48. The lowest BCUT2D eigenvalue weighted by atomic mass is 9.79. The Bertz CT molecular complexity index is 1540. The fourth-order valence-electron chi connectivity index (χ4n) is 7.01. The summed E-state index contributed by atoms with van der Waals surface area (Å²) in [5.41, 5.74) is 1.04. The summed E-state index contributed by atoms with van der Waals surface area (Å²) in [7, 11) is 0. The van der Waals surface area contributed by atoms with E-state index >= 15 is 0 Å². The molecule has 5 rings (SSSR count). The van der Waals surface area contributed by atoms with Crippen molar-refractivity contribution in [2.75, 3.05) is 32.7 Å². The van der Waals surface area contributed by atoms with Crippen LogP contribution in [0, 0.1) is 0 Å². The Morgan fingerprint density at radius 2 is 1.70 bits per heavy atom. The van der Waals surface area contributed by atoms with E-state index in [1.54, 1.807) is 16.1 Å². The Morgan fingerprint density at radius 1 is 1.02 bits per heavy atom. The second-order valence-corrected chi connectivity index (χ2v) is 13.9. The highest BCUT2D eigenvalue weighted by atomic mass is 16.6. The highest BCUT2D eigenvalue weighted by molar-refractivity contribution is 5.98. The second kappa shape index (κ2) is 14.3. The van der Waals surface area contributed by atoms with Gasteiger partial charge in [0.1, 0.15) is 11.2 Å². The van der Waals surface area contributed by atoms with E-state index in [1.807, 2.05) is 97.8 Å². The first-order valence-electron chi connectivity index (χ1n) is 16.8. The van der Waals surface area contributed by atoms with Crippen LogP contribution in [0.2, 0.25) is 0 Å². The Labute approximate surface area is 278 Å². The van der Waals surface area contributed by atoms with E-state index in [0.29, 0.717) is 56.8 Å². The van der Waals surface area contributed by atoms with Gasteiger partial charge in [-0.2, -0.15) is 0 Å². The van der Waals surface area contributed by atoms with Crippen LogP contribution in [-0.2, 0) is 16.0 Å². The highest BCUT2D eigenvalue weighted by Gasteiger charge is 2.44. The molecule has 1 saturated heterocycles. The number of hydrogen-bond acceptors (Lipinski definition) is 6. The molecule has 3 atom stereocenters. The minimum Gasteiger partial charge on any atom is -0.444 e. The van der Waals surface area contributed by atoms with E-state index < -0.39 is 11.2 Å². The molecule has 252 valence electrons. The standard InChI is InChI=1S/C37H49N5O5/c1-6-39(27(2)43)25-37(46)20-14-13-19-31(37)42-26-38-32(33(42)29-17-11-8-12-18-29)34(44)41-22-21-40(35(45)47-36(3,4)5)24-30(41)23-28-15-9-7-10-16-28/h7-12,15-18,26,30-31,46H,6,13-14,19-25H2,1-5H3/t30-,31?,37?/m1/s1. The molecular weight excluding hydrogens is 594 g/mol. The maximum absolute atomic E-state index is 14.7. The van der Waals surface area contributed by atoms with Gasteiger partial charge in [0.2, 0.25) is 5.91 Å². The normalized spacial score (nSPS) is 21.7. The summed E-state index contributed by atoms with van der Waals surface area (Å²) in [6, 6.07) is 19.0. The molecule has 2 heterocycles. The first kappa shape index (κ1) is 34.2. The summed E-state index contributed by atoms with van der Waals surface area (Å²) in [6.07, 6.45) is 4.87. The zero-order valence-electron chi connectivity index (χ0n) is 28.4. The van der Waals surface area contributed by atoms with Crippen LogP contribution in [0.25, 0.3) is 11.3 Å². The third kappa shape index (κ3) is 7.87. The Hall–Kier alpha value is -4.18. The number of aromatic nitrogens is 2. The van der Waals surface area contributed by atoms with Gasteiger partial charge in [-0.3, -0.25) is 9.59 Å². The van der Waals surface area contributed by atoms with Crippen molar-refractivity contribution in [2.45, 2.75) is 90.0 Å². The van der Waals surface area contributed by atoms with Crippen molar-refractivity contribution in [3.8, 4) is 11.3 Å². The van der Waals surface area contributed by atoms with Crippen LogP contribution in [-0.4, -0.2) is 97.2 Å². The summed E-state index contributed by atoms with van der Waals surface area (Å²) < 4.78 is 7.66. The smallest absolute Gasteiger partial charge is 0.410 e. The minimum absolute atomic E-state index is 0.0787. The van der Waals surface area contributed by atoms with Crippen LogP contribution in [0.4, 0.5) is 4.79 Å².